The summed E-state index contributed by atoms with van der Waals surface area (Å²) in [5, 5.41) is 3.59. The van der Waals surface area contributed by atoms with E-state index in [1.54, 1.807) is 0 Å². The summed E-state index contributed by atoms with van der Waals surface area (Å²) >= 11 is 9.40. The first kappa shape index (κ1) is 17.8. The standard InChI is InChI=1S/C21H15BrClN3O/c22-15-7-11-17(12-8-15)24-20(27)13-26-19-4-2-1-3-18(19)25-21(26)14-5-9-16(23)10-6-14/h1-12H,13H2,(H,24,27). The second-order valence-corrected chi connectivity index (χ2v) is 7.42. The number of imidazole rings is 1. The van der Waals surface area contributed by atoms with E-state index in [0.717, 1.165) is 32.6 Å². The molecule has 1 heterocycles. The van der Waals surface area contributed by atoms with Crippen LogP contribution in [0.3, 0.4) is 0 Å². The maximum atomic E-state index is 12.7. The average molecular weight is 441 g/mol. The number of para-hydroxylation sites is 2. The van der Waals surface area contributed by atoms with E-state index in [9.17, 15) is 4.79 Å². The van der Waals surface area contributed by atoms with Crippen molar-refractivity contribution in [3.05, 3.63) is 82.3 Å². The van der Waals surface area contributed by atoms with Crippen LogP contribution >= 0.6 is 27.5 Å². The molecule has 0 bridgehead atoms. The number of hydrogen-bond donors (Lipinski definition) is 1. The summed E-state index contributed by atoms with van der Waals surface area (Å²) in [6.45, 7) is 0.161. The zero-order valence-electron chi connectivity index (χ0n) is 14.2. The third-order valence-electron chi connectivity index (χ3n) is 4.19. The molecular weight excluding hydrogens is 426 g/mol. The van der Waals surface area contributed by atoms with Gasteiger partial charge < -0.3 is 9.88 Å². The molecule has 134 valence electrons. The summed E-state index contributed by atoms with van der Waals surface area (Å²) in [5.74, 6) is 0.620. The average Bonchev–Trinajstić information content (AvgIpc) is 3.03. The third-order valence-corrected chi connectivity index (χ3v) is 4.97. The summed E-state index contributed by atoms with van der Waals surface area (Å²) in [4.78, 5) is 17.4. The maximum absolute atomic E-state index is 12.7. The van der Waals surface area contributed by atoms with Gasteiger partial charge in [-0.3, -0.25) is 4.79 Å². The minimum atomic E-state index is -0.115. The molecule has 0 aliphatic carbocycles. The Hall–Kier alpha value is -2.63. The number of fused-ring (bicyclic) bond motifs is 1. The minimum absolute atomic E-state index is 0.115. The summed E-state index contributed by atoms with van der Waals surface area (Å²) < 4.78 is 2.89. The van der Waals surface area contributed by atoms with E-state index in [4.69, 9.17) is 16.6 Å². The Bertz CT molecular complexity index is 1100. The molecule has 4 nitrogen and oxygen atoms in total. The highest BCUT2D eigenvalue weighted by Gasteiger charge is 2.15. The molecule has 3 aromatic carbocycles. The molecule has 0 saturated carbocycles. The number of carbonyl (C=O) groups is 1. The van der Waals surface area contributed by atoms with Crippen LogP contribution < -0.4 is 5.32 Å². The lowest BCUT2D eigenvalue weighted by Crippen LogP contribution is -2.19. The summed E-state index contributed by atoms with van der Waals surface area (Å²) in [7, 11) is 0. The van der Waals surface area contributed by atoms with Crippen molar-refractivity contribution < 1.29 is 4.79 Å². The Morgan fingerprint density at radius 2 is 1.70 bits per heavy atom. The van der Waals surface area contributed by atoms with Gasteiger partial charge in [-0.15, -0.1) is 0 Å². The predicted molar refractivity (Wildman–Crippen MR) is 113 cm³/mol. The summed E-state index contributed by atoms with van der Waals surface area (Å²) in [6.07, 6.45) is 0. The Morgan fingerprint density at radius 3 is 2.44 bits per heavy atom. The quantitative estimate of drug-likeness (QED) is 0.439. The molecule has 0 fully saturated rings. The number of rotatable bonds is 4. The van der Waals surface area contributed by atoms with Crippen molar-refractivity contribution >= 4 is 50.2 Å². The molecule has 6 heteroatoms. The fourth-order valence-electron chi connectivity index (χ4n) is 2.93. The van der Waals surface area contributed by atoms with Gasteiger partial charge in [0.1, 0.15) is 12.4 Å². The van der Waals surface area contributed by atoms with Gasteiger partial charge in [-0.2, -0.15) is 0 Å². The fraction of sp³-hybridized carbons (Fsp3) is 0.0476. The SMILES string of the molecule is O=C(Cn1c(-c2ccc(Cl)cc2)nc2ccccc21)Nc1ccc(Br)cc1. The zero-order chi connectivity index (χ0) is 18.8. The van der Waals surface area contributed by atoms with Crippen molar-refractivity contribution in [2.75, 3.05) is 5.32 Å². The first-order valence-electron chi connectivity index (χ1n) is 8.37. The lowest BCUT2D eigenvalue weighted by Gasteiger charge is -2.10. The lowest BCUT2D eigenvalue weighted by molar-refractivity contribution is -0.116. The summed E-state index contributed by atoms with van der Waals surface area (Å²) in [5.41, 5.74) is 3.42. The van der Waals surface area contributed by atoms with Crippen molar-refractivity contribution in [2.24, 2.45) is 0 Å². The molecule has 0 aliphatic rings. The van der Waals surface area contributed by atoms with Gasteiger partial charge in [0.05, 0.1) is 11.0 Å². The molecule has 0 aliphatic heterocycles. The molecule has 1 amide bonds. The van der Waals surface area contributed by atoms with Crippen molar-refractivity contribution in [1.29, 1.82) is 0 Å². The number of nitrogens with one attached hydrogen (secondary N) is 1. The number of amides is 1. The van der Waals surface area contributed by atoms with Gasteiger partial charge in [0.25, 0.3) is 0 Å². The van der Waals surface area contributed by atoms with Crippen LogP contribution in [-0.4, -0.2) is 15.5 Å². The molecule has 0 spiro atoms. The second kappa shape index (κ2) is 7.55. The molecular formula is C21H15BrClN3O. The van der Waals surface area contributed by atoms with Crippen LogP contribution in [0.25, 0.3) is 22.4 Å². The smallest absolute Gasteiger partial charge is 0.244 e. The van der Waals surface area contributed by atoms with E-state index in [1.807, 2.05) is 77.4 Å². The number of benzene rings is 3. The molecule has 0 saturated heterocycles. The molecule has 0 unspecified atom stereocenters. The number of anilines is 1. The topological polar surface area (TPSA) is 46.9 Å². The van der Waals surface area contributed by atoms with Gasteiger partial charge >= 0.3 is 0 Å². The van der Waals surface area contributed by atoms with Crippen LogP contribution in [0.1, 0.15) is 0 Å². The van der Waals surface area contributed by atoms with E-state index >= 15 is 0 Å². The highest BCUT2D eigenvalue weighted by atomic mass is 79.9. The molecule has 1 N–H and O–H groups in total. The van der Waals surface area contributed by atoms with Crippen LogP contribution in [0.2, 0.25) is 5.02 Å². The second-order valence-electron chi connectivity index (χ2n) is 6.07. The Labute approximate surface area is 169 Å². The fourth-order valence-corrected chi connectivity index (χ4v) is 3.32. The van der Waals surface area contributed by atoms with Crippen LogP contribution in [0.5, 0.6) is 0 Å². The molecule has 27 heavy (non-hydrogen) atoms. The molecule has 0 atom stereocenters. The third kappa shape index (κ3) is 3.89. The number of nitrogens with zero attached hydrogens (tertiary/aromatic N) is 2. The van der Waals surface area contributed by atoms with Crippen molar-refractivity contribution in [1.82, 2.24) is 9.55 Å². The van der Waals surface area contributed by atoms with Crippen LogP contribution in [-0.2, 0) is 11.3 Å². The van der Waals surface area contributed by atoms with Crippen LogP contribution in [0.4, 0.5) is 5.69 Å². The highest BCUT2D eigenvalue weighted by molar-refractivity contribution is 9.10. The highest BCUT2D eigenvalue weighted by Crippen LogP contribution is 2.26. The van der Waals surface area contributed by atoms with Crippen molar-refractivity contribution in [3.8, 4) is 11.4 Å². The largest absolute Gasteiger partial charge is 0.325 e. The lowest BCUT2D eigenvalue weighted by atomic mass is 10.2. The number of halogens is 2. The first-order chi connectivity index (χ1) is 13.1. The Balaban J connectivity index is 1.69. The molecule has 4 rings (SSSR count). The first-order valence-corrected chi connectivity index (χ1v) is 9.54. The van der Waals surface area contributed by atoms with Gasteiger partial charge in [0.15, 0.2) is 0 Å². The van der Waals surface area contributed by atoms with Crippen LogP contribution in [0, 0.1) is 0 Å². The Kier molecular flexibility index (Phi) is 4.97. The van der Waals surface area contributed by atoms with E-state index in [-0.39, 0.29) is 12.5 Å². The number of carbonyl (C=O) groups excluding carboxylic acids is 1. The number of aromatic nitrogens is 2. The van der Waals surface area contributed by atoms with E-state index in [0.29, 0.717) is 5.02 Å². The molecule has 1 aromatic heterocycles. The van der Waals surface area contributed by atoms with Gasteiger partial charge in [-0.1, -0.05) is 39.7 Å². The van der Waals surface area contributed by atoms with Gasteiger partial charge in [-0.25, -0.2) is 4.98 Å². The normalized spacial score (nSPS) is 10.9. The van der Waals surface area contributed by atoms with E-state index in [2.05, 4.69) is 21.2 Å². The summed E-state index contributed by atoms with van der Waals surface area (Å²) in [6, 6.07) is 22.7. The van der Waals surface area contributed by atoms with Crippen LogP contribution in [0.15, 0.2) is 77.3 Å². The maximum Gasteiger partial charge on any atom is 0.244 e. The minimum Gasteiger partial charge on any atom is -0.325 e. The molecule has 4 aromatic rings. The van der Waals surface area contributed by atoms with Gasteiger partial charge in [0, 0.05) is 20.7 Å². The van der Waals surface area contributed by atoms with Crippen molar-refractivity contribution in [3.63, 3.8) is 0 Å². The number of hydrogen-bond acceptors (Lipinski definition) is 2. The Morgan fingerprint density at radius 1 is 1.00 bits per heavy atom. The monoisotopic (exact) mass is 439 g/mol. The molecule has 0 radical (unpaired) electrons. The van der Waals surface area contributed by atoms with E-state index in [1.165, 1.54) is 0 Å². The van der Waals surface area contributed by atoms with Crippen molar-refractivity contribution in [2.45, 2.75) is 6.54 Å². The zero-order valence-corrected chi connectivity index (χ0v) is 16.5. The predicted octanol–water partition coefficient (Wildman–Crippen LogP) is 5.76. The van der Waals surface area contributed by atoms with E-state index < -0.39 is 0 Å². The van der Waals surface area contributed by atoms with Gasteiger partial charge in [-0.05, 0) is 60.7 Å². The van der Waals surface area contributed by atoms with Gasteiger partial charge in [0.2, 0.25) is 5.91 Å².